The van der Waals surface area contributed by atoms with E-state index >= 15 is 0 Å². The summed E-state index contributed by atoms with van der Waals surface area (Å²) in [6, 6.07) is 9.35. The van der Waals surface area contributed by atoms with E-state index in [2.05, 4.69) is 15.2 Å². The van der Waals surface area contributed by atoms with E-state index < -0.39 is 28.1 Å². The molecule has 13 nitrogen and oxygen atoms in total. The Morgan fingerprint density at radius 3 is 2.53 bits per heavy atom. The molecule has 1 aromatic heterocycles. The first kappa shape index (κ1) is 38.0. The van der Waals surface area contributed by atoms with Gasteiger partial charge in [0, 0.05) is 43.4 Å². The van der Waals surface area contributed by atoms with Crippen LogP contribution in [0.5, 0.6) is 5.75 Å². The molecule has 49 heavy (non-hydrogen) atoms. The lowest BCUT2D eigenvalue weighted by Gasteiger charge is -2.35. The molecule has 1 aliphatic rings. The van der Waals surface area contributed by atoms with Gasteiger partial charge < -0.3 is 34.2 Å². The monoisotopic (exact) mass is 719 g/mol. The number of halogens is 1. The molecule has 1 aliphatic heterocycles. The number of anilines is 2. The Bertz CT molecular complexity index is 1680. The van der Waals surface area contributed by atoms with Gasteiger partial charge in [0.15, 0.2) is 5.76 Å². The Balaban J connectivity index is 1.63. The summed E-state index contributed by atoms with van der Waals surface area (Å²) in [4.78, 5) is 30.6. The number of carbonyl (C=O) groups excluding carboxylic acids is 2. The fourth-order valence-electron chi connectivity index (χ4n) is 5.49. The zero-order chi connectivity index (χ0) is 35.9. The first-order valence-corrected chi connectivity index (χ1v) is 18.1. The zero-order valence-corrected chi connectivity index (χ0v) is 30.3. The number of hydrogen-bond acceptors (Lipinski definition) is 9. The van der Waals surface area contributed by atoms with Crippen molar-refractivity contribution in [1.82, 2.24) is 15.0 Å². The Morgan fingerprint density at radius 1 is 1.16 bits per heavy atom. The minimum Gasteiger partial charge on any atom is -0.490 e. The zero-order valence-electron chi connectivity index (χ0n) is 28.7. The van der Waals surface area contributed by atoms with E-state index in [1.807, 2.05) is 13.8 Å². The van der Waals surface area contributed by atoms with Crippen molar-refractivity contribution in [3.05, 3.63) is 64.5 Å². The van der Waals surface area contributed by atoms with Crippen LogP contribution in [0, 0.1) is 19.8 Å². The number of aryl methyl sites for hydroxylation is 2. The largest absolute Gasteiger partial charge is 0.490 e. The molecule has 15 heteroatoms. The van der Waals surface area contributed by atoms with Crippen molar-refractivity contribution in [2.45, 2.75) is 77.0 Å². The molecule has 0 spiro atoms. The average molecular weight is 720 g/mol. The number of amides is 3. The summed E-state index contributed by atoms with van der Waals surface area (Å²) in [6.07, 6.45) is 1.50. The number of hydrogen-bond donors (Lipinski definition) is 3. The van der Waals surface area contributed by atoms with Gasteiger partial charge in [0.25, 0.3) is 15.9 Å². The summed E-state index contributed by atoms with van der Waals surface area (Å²) in [6.45, 7) is 9.53. The smallest absolute Gasteiger partial charge is 0.321 e. The molecule has 268 valence electrons. The first-order chi connectivity index (χ1) is 23.2. The van der Waals surface area contributed by atoms with Gasteiger partial charge in [-0.3, -0.25) is 9.52 Å². The topological polar surface area (TPSA) is 164 Å². The lowest BCUT2D eigenvalue weighted by molar-refractivity contribution is -0.0115. The van der Waals surface area contributed by atoms with Crippen molar-refractivity contribution < 1.29 is 37.1 Å². The van der Waals surface area contributed by atoms with Gasteiger partial charge in [0.05, 0.1) is 35.3 Å². The van der Waals surface area contributed by atoms with Crippen LogP contribution < -0.4 is 14.8 Å². The fourth-order valence-corrected chi connectivity index (χ4v) is 6.67. The summed E-state index contributed by atoms with van der Waals surface area (Å²) >= 11 is 5.95. The summed E-state index contributed by atoms with van der Waals surface area (Å²) in [5.41, 5.74) is 1.38. The highest BCUT2D eigenvalue weighted by molar-refractivity contribution is 7.92. The summed E-state index contributed by atoms with van der Waals surface area (Å²) in [7, 11) is -2.34. The highest BCUT2D eigenvalue weighted by atomic mass is 35.5. The minimum atomic E-state index is -4.00. The van der Waals surface area contributed by atoms with E-state index in [0.717, 1.165) is 12.8 Å². The van der Waals surface area contributed by atoms with Crippen LogP contribution in [0.25, 0.3) is 0 Å². The second-order valence-corrected chi connectivity index (χ2v) is 14.7. The average Bonchev–Trinajstić information content (AvgIpc) is 3.38. The van der Waals surface area contributed by atoms with Crippen LogP contribution >= 0.6 is 11.6 Å². The van der Waals surface area contributed by atoms with Crippen LogP contribution in [0.2, 0.25) is 5.02 Å². The normalized spacial score (nSPS) is 20.0. The second kappa shape index (κ2) is 16.7. The van der Waals surface area contributed by atoms with Gasteiger partial charge in [-0.25, -0.2) is 13.2 Å². The molecule has 4 rings (SSSR count). The van der Waals surface area contributed by atoms with Crippen molar-refractivity contribution in [2.75, 3.05) is 43.4 Å². The molecule has 2 heterocycles. The third kappa shape index (κ3) is 9.87. The Labute approximate surface area is 292 Å². The van der Waals surface area contributed by atoms with Crippen molar-refractivity contribution in [3.63, 3.8) is 0 Å². The summed E-state index contributed by atoms with van der Waals surface area (Å²) in [5.74, 6) is 0.0530. The molecular weight excluding hydrogens is 674 g/mol. The molecule has 0 radical (unpaired) electrons. The number of carbonyl (C=O) groups is 2. The van der Waals surface area contributed by atoms with Gasteiger partial charge in [-0.05, 0) is 89.4 Å². The number of urea groups is 1. The number of nitrogens with zero attached hydrogens (tertiary/aromatic N) is 3. The van der Waals surface area contributed by atoms with Crippen molar-refractivity contribution in [2.24, 2.45) is 5.92 Å². The molecule has 3 N–H and O–H groups in total. The highest BCUT2D eigenvalue weighted by Gasteiger charge is 2.31. The van der Waals surface area contributed by atoms with Crippen LogP contribution in [-0.4, -0.2) is 92.0 Å². The van der Waals surface area contributed by atoms with Gasteiger partial charge in [-0.2, -0.15) is 0 Å². The SMILES string of the molecule is Cc1noc(C)c1NC(=O)N(C)C[C@H]1OCCCC[C@@H](C)Oc2ccc(NS(=O)(=O)c3ccc(Cl)cc3)cc2C(=O)N([C@H](C)CO)C[C@H]1C. The number of aromatic nitrogens is 1. The molecule has 0 saturated carbocycles. The minimum absolute atomic E-state index is 0.00827. The van der Waals surface area contributed by atoms with Crippen LogP contribution in [0.1, 0.15) is 61.8 Å². The van der Waals surface area contributed by atoms with E-state index in [0.29, 0.717) is 40.9 Å². The number of benzene rings is 2. The number of aliphatic hydroxyl groups is 1. The van der Waals surface area contributed by atoms with Gasteiger partial charge in [0.2, 0.25) is 0 Å². The number of ether oxygens (including phenoxy) is 2. The molecule has 0 saturated heterocycles. The molecule has 3 amide bonds. The van der Waals surface area contributed by atoms with Crippen molar-refractivity contribution >= 4 is 44.9 Å². The van der Waals surface area contributed by atoms with Crippen molar-refractivity contribution in [3.8, 4) is 5.75 Å². The Hall–Kier alpha value is -3.85. The van der Waals surface area contributed by atoms with E-state index in [1.54, 1.807) is 40.0 Å². The lowest BCUT2D eigenvalue weighted by Crippen LogP contribution is -2.48. The molecule has 3 aromatic rings. The molecule has 0 bridgehead atoms. The second-order valence-electron chi connectivity index (χ2n) is 12.6. The van der Waals surface area contributed by atoms with Gasteiger partial charge in [-0.15, -0.1) is 0 Å². The predicted molar refractivity (Wildman–Crippen MR) is 187 cm³/mol. The number of likely N-dealkylation sites (N-methyl/N-ethyl adjacent to an activating group) is 1. The summed E-state index contributed by atoms with van der Waals surface area (Å²) in [5, 5.41) is 17.4. The van der Waals surface area contributed by atoms with Gasteiger partial charge in [0.1, 0.15) is 17.1 Å². The van der Waals surface area contributed by atoms with E-state index in [1.165, 1.54) is 40.1 Å². The van der Waals surface area contributed by atoms with Gasteiger partial charge in [-0.1, -0.05) is 23.7 Å². The maximum atomic E-state index is 14.4. The Morgan fingerprint density at radius 2 is 1.88 bits per heavy atom. The standard InChI is InChI=1S/C34H46ClN5O8S/c1-21-18-40(22(2)20-41)33(42)29-17-27(38-49(44,45)28-13-10-26(35)11-14-28)12-15-30(29)47-23(3)9-7-8-16-46-31(21)19-39(6)34(43)36-32-24(4)37-48-25(32)5/h10-15,17,21-23,31,38,41H,7-9,16,18-20H2,1-6H3,(H,36,43)/t21-,22-,23-,31-/m1/s1. The number of fused-ring (bicyclic) bond motifs is 1. The van der Waals surface area contributed by atoms with E-state index in [9.17, 15) is 23.1 Å². The number of sulfonamides is 1. The van der Waals surface area contributed by atoms with Crippen molar-refractivity contribution in [1.29, 1.82) is 0 Å². The number of nitrogens with one attached hydrogen (secondary N) is 2. The number of rotatable bonds is 8. The highest BCUT2D eigenvalue weighted by Crippen LogP contribution is 2.30. The molecule has 2 aromatic carbocycles. The molecule has 0 aliphatic carbocycles. The van der Waals surface area contributed by atoms with E-state index in [-0.39, 0.29) is 53.9 Å². The fraction of sp³-hybridized carbons (Fsp3) is 0.500. The van der Waals surface area contributed by atoms with Crippen LogP contribution in [-0.2, 0) is 14.8 Å². The van der Waals surface area contributed by atoms with Gasteiger partial charge >= 0.3 is 6.03 Å². The maximum Gasteiger partial charge on any atom is 0.321 e. The van der Waals surface area contributed by atoms with E-state index in [4.69, 9.17) is 25.6 Å². The third-order valence-corrected chi connectivity index (χ3v) is 10.1. The van der Waals surface area contributed by atoms with Crippen LogP contribution in [0.15, 0.2) is 51.9 Å². The Kier molecular flexibility index (Phi) is 12.9. The van der Waals surface area contributed by atoms with Crippen LogP contribution in [0.3, 0.4) is 0 Å². The number of aliphatic hydroxyl groups excluding tert-OH is 1. The predicted octanol–water partition coefficient (Wildman–Crippen LogP) is 5.71. The molecule has 0 fully saturated rings. The molecular formula is C34H46ClN5O8S. The first-order valence-electron chi connectivity index (χ1n) is 16.3. The quantitative estimate of drug-likeness (QED) is 0.265. The molecule has 4 atom stereocenters. The van der Waals surface area contributed by atoms with Crippen LogP contribution in [0.4, 0.5) is 16.2 Å². The summed E-state index contributed by atoms with van der Waals surface area (Å²) < 4.78 is 46.7. The molecule has 0 unspecified atom stereocenters. The maximum absolute atomic E-state index is 14.4. The lowest BCUT2D eigenvalue weighted by atomic mass is 10.0. The third-order valence-electron chi connectivity index (χ3n) is 8.49.